The first-order chi connectivity index (χ1) is 17.8. The summed E-state index contributed by atoms with van der Waals surface area (Å²) in [5, 5.41) is 19.3. The quantitative estimate of drug-likeness (QED) is 0.107. The zero-order chi connectivity index (χ0) is 28.2. The fourth-order valence-electron chi connectivity index (χ4n) is 4.04. The van der Waals surface area contributed by atoms with Crippen LogP contribution in [0.25, 0.3) is 0 Å². The summed E-state index contributed by atoms with van der Waals surface area (Å²) in [6.45, 7) is 10.5. The first kappa shape index (κ1) is 37.5. The summed E-state index contributed by atoms with van der Waals surface area (Å²) in [6.07, 6.45) is 21.0. The zero-order valence-electron chi connectivity index (χ0n) is 24.3. The average molecular weight is 530 g/mol. The van der Waals surface area contributed by atoms with Crippen molar-refractivity contribution in [2.75, 3.05) is 26.2 Å². The molecule has 1 amide bonds. The van der Waals surface area contributed by atoms with Gasteiger partial charge in [-0.15, -0.1) is 0 Å². The van der Waals surface area contributed by atoms with Gasteiger partial charge < -0.3 is 26.2 Å². The largest absolute Gasteiger partial charge is 0.481 e. The summed E-state index contributed by atoms with van der Waals surface area (Å²) in [5.41, 5.74) is 5.00. The minimum Gasteiger partial charge on any atom is -0.481 e. The van der Waals surface area contributed by atoms with Crippen molar-refractivity contribution in [2.24, 2.45) is 5.73 Å². The van der Waals surface area contributed by atoms with E-state index >= 15 is 0 Å². The molecule has 0 fully saturated rings. The monoisotopic (exact) mass is 529 g/mol. The van der Waals surface area contributed by atoms with Crippen molar-refractivity contribution < 1.29 is 24.6 Å². The third kappa shape index (κ3) is 30.4. The van der Waals surface area contributed by atoms with Crippen LogP contribution in [-0.2, 0) is 14.4 Å². The van der Waals surface area contributed by atoms with E-state index in [1.807, 2.05) is 0 Å². The van der Waals surface area contributed by atoms with E-state index < -0.39 is 18.0 Å². The van der Waals surface area contributed by atoms with Gasteiger partial charge in [-0.1, -0.05) is 111 Å². The fourth-order valence-corrected chi connectivity index (χ4v) is 4.04. The van der Waals surface area contributed by atoms with Crippen LogP contribution >= 0.6 is 0 Å². The first-order valence-corrected chi connectivity index (χ1v) is 15.0. The Bertz CT molecular complexity index is 542. The molecule has 0 bridgehead atoms. The zero-order valence-corrected chi connectivity index (χ0v) is 24.3. The summed E-state index contributed by atoms with van der Waals surface area (Å²) < 4.78 is 0. The maximum Gasteiger partial charge on any atom is 0.320 e. The molecule has 0 aliphatic carbocycles. The number of hydrogen-bond acceptors (Lipinski definition) is 5. The smallest absolute Gasteiger partial charge is 0.320 e. The Morgan fingerprint density at radius 3 is 1.51 bits per heavy atom. The molecule has 0 saturated heterocycles. The van der Waals surface area contributed by atoms with Crippen LogP contribution in [0.5, 0.6) is 0 Å². The fraction of sp³-hybridized carbons (Fsp3) is 0.897. The maximum atomic E-state index is 11.8. The highest BCUT2D eigenvalue weighted by Gasteiger charge is 2.12. The van der Waals surface area contributed by atoms with Crippen LogP contribution in [0.4, 0.5) is 0 Å². The van der Waals surface area contributed by atoms with Crippen LogP contribution in [0.3, 0.4) is 0 Å². The molecule has 0 aromatic carbocycles. The molecule has 220 valence electrons. The number of carboxylic acid groups (broad SMARTS) is 2. The number of nitrogens with one attached hydrogen (secondary N) is 1. The van der Waals surface area contributed by atoms with Gasteiger partial charge in [0.2, 0.25) is 5.91 Å². The molecule has 8 nitrogen and oxygen atoms in total. The minimum absolute atomic E-state index is 0.0231. The van der Waals surface area contributed by atoms with Crippen LogP contribution in [-0.4, -0.2) is 65.2 Å². The molecule has 0 heterocycles. The molecule has 1 atom stereocenters. The molecule has 37 heavy (non-hydrogen) atoms. The highest BCUT2D eigenvalue weighted by atomic mass is 16.4. The second-order valence-corrected chi connectivity index (χ2v) is 9.95. The number of amides is 1. The van der Waals surface area contributed by atoms with Gasteiger partial charge in [0.15, 0.2) is 0 Å². The van der Waals surface area contributed by atoms with Crippen LogP contribution in [0.15, 0.2) is 0 Å². The molecule has 8 heteroatoms. The van der Waals surface area contributed by atoms with Crippen LogP contribution in [0.1, 0.15) is 136 Å². The van der Waals surface area contributed by atoms with Crippen LogP contribution < -0.4 is 11.1 Å². The van der Waals surface area contributed by atoms with Crippen molar-refractivity contribution in [2.45, 2.75) is 142 Å². The molecule has 1 unspecified atom stereocenters. The lowest BCUT2D eigenvalue weighted by molar-refractivity contribution is -0.139. The Balaban J connectivity index is 0. The molecule has 0 saturated carbocycles. The van der Waals surface area contributed by atoms with Gasteiger partial charge in [0.05, 0.1) is 0 Å². The number of unbranched alkanes of at least 4 members (excludes halogenated alkanes) is 14. The van der Waals surface area contributed by atoms with E-state index in [1.165, 1.54) is 89.9 Å². The SMILES string of the molecule is CCCCCCCCCCCCCCCCCC(=O)NCCN(CC)CC.NC(CCC(=O)O)C(=O)O. The van der Waals surface area contributed by atoms with Gasteiger partial charge in [0.1, 0.15) is 6.04 Å². The summed E-state index contributed by atoms with van der Waals surface area (Å²) in [7, 11) is 0. The lowest BCUT2D eigenvalue weighted by atomic mass is 10.0. The minimum atomic E-state index is -1.17. The van der Waals surface area contributed by atoms with E-state index in [-0.39, 0.29) is 18.7 Å². The number of rotatable bonds is 25. The lowest BCUT2D eigenvalue weighted by Crippen LogP contribution is -2.34. The Hall–Kier alpha value is -1.67. The van der Waals surface area contributed by atoms with E-state index in [1.54, 1.807) is 0 Å². The maximum absolute atomic E-state index is 11.8. The Morgan fingerprint density at radius 2 is 1.14 bits per heavy atom. The third-order valence-corrected chi connectivity index (χ3v) is 6.64. The Morgan fingerprint density at radius 1 is 0.703 bits per heavy atom. The summed E-state index contributed by atoms with van der Waals surface area (Å²) in [6, 6.07) is -1.06. The third-order valence-electron chi connectivity index (χ3n) is 6.64. The highest BCUT2D eigenvalue weighted by Crippen LogP contribution is 2.13. The molecular weight excluding hydrogens is 470 g/mol. The number of nitrogens with two attached hydrogens (primary N) is 1. The predicted molar refractivity (Wildman–Crippen MR) is 153 cm³/mol. The molecule has 0 aliphatic rings. The summed E-state index contributed by atoms with van der Waals surface area (Å²) >= 11 is 0. The Labute approximate surface area is 227 Å². The lowest BCUT2D eigenvalue weighted by Gasteiger charge is -2.17. The van der Waals surface area contributed by atoms with Crippen LogP contribution in [0, 0.1) is 0 Å². The number of carbonyl (C=O) groups is 3. The highest BCUT2D eigenvalue weighted by molar-refractivity contribution is 5.75. The molecular formula is C29H59N3O5. The summed E-state index contributed by atoms with van der Waals surface area (Å²) in [4.78, 5) is 34.0. The van der Waals surface area contributed by atoms with E-state index in [2.05, 4.69) is 31.0 Å². The second kappa shape index (κ2) is 28.9. The van der Waals surface area contributed by atoms with Gasteiger partial charge in [-0.05, 0) is 25.9 Å². The van der Waals surface area contributed by atoms with Crippen LogP contribution in [0.2, 0.25) is 0 Å². The molecule has 0 aliphatic heterocycles. The average Bonchev–Trinajstić information content (AvgIpc) is 2.87. The van der Waals surface area contributed by atoms with Gasteiger partial charge in [0.25, 0.3) is 0 Å². The molecule has 0 radical (unpaired) electrons. The van der Waals surface area contributed by atoms with Gasteiger partial charge >= 0.3 is 11.9 Å². The van der Waals surface area contributed by atoms with Crippen molar-refractivity contribution in [3.8, 4) is 0 Å². The number of likely N-dealkylation sites (N-methyl/N-ethyl adjacent to an activating group) is 1. The number of aliphatic carboxylic acids is 2. The van der Waals surface area contributed by atoms with Gasteiger partial charge in [-0.3, -0.25) is 14.4 Å². The number of hydrogen-bond donors (Lipinski definition) is 4. The normalized spacial score (nSPS) is 11.6. The molecule has 0 aromatic heterocycles. The van der Waals surface area contributed by atoms with Gasteiger partial charge in [-0.25, -0.2) is 0 Å². The van der Waals surface area contributed by atoms with Crippen molar-refractivity contribution in [1.82, 2.24) is 10.2 Å². The Kier molecular flexibility index (Phi) is 29.3. The molecule has 0 aromatic rings. The van der Waals surface area contributed by atoms with E-state index in [9.17, 15) is 14.4 Å². The van der Waals surface area contributed by atoms with Gasteiger partial charge in [-0.2, -0.15) is 0 Å². The van der Waals surface area contributed by atoms with Gasteiger partial charge in [0, 0.05) is 25.9 Å². The standard InChI is InChI=1S/C24H50N2O.C5H9NO4/c1-4-7-8-9-10-11-12-13-14-15-16-17-18-19-20-21-24(27)25-22-23-26(5-2)6-3;6-3(5(9)10)1-2-4(7)8/h4-23H2,1-3H3,(H,25,27);3H,1-2,6H2,(H,7,8)(H,9,10). The predicted octanol–water partition coefficient (Wildman–Crippen LogP) is 5.97. The molecule has 0 spiro atoms. The number of carbonyl (C=O) groups excluding carboxylic acids is 1. The second-order valence-electron chi connectivity index (χ2n) is 9.95. The van der Waals surface area contributed by atoms with E-state index in [0.29, 0.717) is 6.42 Å². The number of carboxylic acids is 2. The van der Waals surface area contributed by atoms with E-state index in [0.717, 1.165) is 32.6 Å². The van der Waals surface area contributed by atoms with E-state index in [4.69, 9.17) is 15.9 Å². The first-order valence-electron chi connectivity index (χ1n) is 15.0. The number of nitrogens with zero attached hydrogens (tertiary/aromatic N) is 1. The molecule has 0 rings (SSSR count). The van der Waals surface area contributed by atoms with Crippen molar-refractivity contribution in [3.63, 3.8) is 0 Å². The van der Waals surface area contributed by atoms with Crippen molar-refractivity contribution >= 4 is 17.8 Å². The van der Waals surface area contributed by atoms with Crippen molar-refractivity contribution in [3.05, 3.63) is 0 Å². The summed E-state index contributed by atoms with van der Waals surface area (Å²) in [5.74, 6) is -1.96. The topological polar surface area (TPSA) is 133 Å². The van der Waals surface area contributed by atoms with Crippen molar-refractivity contribution in [1.29, 1.82) is 0 Å². The molecule has 5 N–H and O–H groups in total.